The minimum atomic E-state index is -0.414. The van der Waals surface area contributed by atoms with Gasteiger partial charge < -0.3 is 4.90 Å². The Morgan fingerprint density at radius 1 is 1.41 bits per heavy atom. The van der Waals surface area contributed by atoms with E-state index in [1.54, 1.807) is 25.1 Å². The first kappa shape index (κ1) is 13.6. The van der Waals surface area contributed by atoms with E-state index in [1.807, 2.05) is 6.07 Å². The lowest BCUT2D eigenvalue weighted by atomic mass is 10.1. The molecular weight excluding hydrogens is 259 g/mol. The number of halogens is 2. The summed E-state index contributed by atoms with van der Waals surface area (Å²) in [5.41, 5.74) is 0.296. The molecule has 88 valence electrons. The molecule has 17 heavy (non-hydrogen) atoms. The topological polar surface area (TPSA) is 44.1 Å². The van der Waals surface area contributed by atoms with Crippen LogP contribution in [0.4, 0.5) is 0 Å². The average molecular weight is 269 g/mol. The van der Waals surface area contributed by atoms with Gasteiger partial charge >= 0.3 is 0 Å². The minimum Gasteiger partial charge on any atom is -0.382 e. The Bertz CT molecular complexity index is 516. The summed E-state index contributed by atoms with van der Waals surface area (Å²) in [6.07, 6.45) is 1.45. The van der Waals surface area contributed by atoms with E-state index >= 15 is 0 Å². The number of nitrogens with zero attached hydrogens (tertiary/aromatic N) is 2. The van der Waals surface area contributed by atoms with Gasteiger partial charge in [0.05, 0.1) is 5.02 Å². The van der Waals surface area contributed by atoms with Crippen molar-refractivity contribution in [2.24, 2.45) is 0 Å². The maximum absolute atomic E-state index is 12.0. The van der Waals surface area contributed by atoms with Gasteiger partial charge in [-0.2, -0.15) is 5.26 Å². The Labute approximate surface area is 110 Å². The first-order valence-corrected chi connectivity index (χ1v) is 5.49. The Balaban J connectivity index is 3.17. The first-order chi connectivity index (χ1) is 7.95. The molecule has 3 nitrogen and oxygen atoms in total. The van der Waals surface area contributed by atoms with E-state index < -0.39 is 5.78 Å². The summed E-state index contributed by atoms with van der Waals surface area (Å²) in [5, 5.41) is 9.60. The molecule has 0 spiro atoms. The predicted molar refractivity (Wildman–Crippen MR) is 68.2 cm³/mol. The van der Waals surface area contributed by atoms with Gasteiger partial charge in [0.2, 0.25) is 5.78 Å². The molecule has 0 radical (unpaired) electrons. The highest BCUT2D eigenvalue weighted by atomic mass is 35.5. The molecular formula is C12H10Cl2N2O. The van der Waals surface area contributed by atoms with Crippen molar-refractivity contribution < 1.29 is 4.79 Å². The number of rotatable bonds is 3. The van der Waals surface area contributed by atoms with Crippen molar-refractivity contribution >= 4 is 29.0 Å². The van der Waals surface area contributed by atoms with E-state index in [0.29, 0.717) is 5.02 Å². The first-order valence-electron chi connectivity index (χ1n) is 4.74. The summed E-state index contributed by atoms with van der Waals surface area (Å²) in [6.45, 7) is 0. The van der Waals surface area contributed by atoms with Gasteiger partial charge in [0.25, 0.3) is 0 Å². The quantitative estimate of drug-likeness (QED) is 0.481. The molecule has 0 saturated carbocycles. The molecule has 0 heterocycles. The summed E-state index contributed by atoms with van der Waals surface area (Å²) in [5.74, 6) is -0.414. The highest BCUT2D eigenvalue weighted by Gasteiger charge is 2.15. The van der Waals surface area contributed by atoms with Crippen LogP contribution in [0.25, 0.3) is 0 Å². The van der Waals surface area contributed by atoms with Gasteiger partial charge in [0.15, 0.2) is 0 Å². The Morgan fingerprint density at radius 2 is 2.06 bits per heavy atom. The second-order valence-corrected chi connectivity index (χ2v) is 4.42. The zero-order chi connectivity index (χ0) is 13.0. The SMILES string of the molecule is CN(C)/C=C(\C#N)C(=O)c1ccc(Cl)cc1Cl. The highest BCUT2D eigenvalue weighted by Crippen LogP contribution is 2.23. The Hall–Kier alpha value is -1.50. The molecule has 0 saturated heterocycles. The third kappa shape index (κ3) is 3.48. The van der Waals surface area contributed by atoms with Crippen LogP contribution < -0.4 is 0 Å². The van der Waals surface area contributed by atoms with Gasteiger partial charge in [-0.25, -0.2) is 0 Å². The lowest BCUT2D eigenvalue weighted by molar-refractivity contribution is 0.103. The van der Waals surface area contributed by atoms with Gasteiger partial charge in [-0.05, 0) is 18.2 Å². The lowest BCUT2D eigenvalue weighted by Crippen LogP contribution is -2.09. The molecule has 0 aromatic heterocycles. The predicted octanol–water partition coefficient (Wildman–Crippen LogP) is 3.15. The smallest absolute Gasteiger partial charge is 0.206 e. The van der Waals surface area contributed by atoms with E-state index in [-0.39, 0.29) is 16.2 Å². The van der Waals surface area contributed by atoms with Crippen LogP contribution in [0.5, 0.6) is 0 Å². The van der Waals surface area contributed by atoms with Crippen molar-refractivity contribution in [2.75, 3.05) is 14.1 Å². The number of allylic oxidation sites excluding steroid dienone is 1. The summed E-state index contributed by atoms with van der Waals surface area (Å²) in [7, 11) is 3.46. The van der Waals surface area contributed by atoms with E-state index in [2.05, 4.69) is 0 Å². The minimum absolute atomic E-state index is 0.0271. The normalized spacial score (nSPS) is 10.9. The van der Waals surface area contributed by atoms with Gasteiger partial charge in [0.1, 0.15) is 11.6 Å². The van der Waals surface area contributed by atoms with Crippen LogP contribution in [-0.4, -0.2) is 24.8 Å². The van der Waals surface area contributed by atoms with Crippen molar-refractivity contribution in [3.8, 4) is 6.07 Å². The van der Waals surface area contributed by atoms with E-state index in [4.69, 9.17) is 28.5 Å². The lowest BCUT2D eigenvalue weighted by Gasteiger charge is -2.07. The molecule has 0 atom stereocenters. The molecule has 1 aromatic carbocycles. The summed E-state index contributed by atoms with van der Waals surface area (Å²) in [4.78, 5) is 13.6. The molecule has 0 N–H and O–H groups in total. The van der Waals surface area contributed by atoms with Gasteiger partial charge in [-0.1, -0.05) is 23.2 Å². The van der Waals surface area contributed by atoms with Crippen LogP contribution in [0.1, 0.15) is 10.4 Å². The fraction of sp³-hybridized carbons (Fsp3) is 0.167. The molecule has 0 unspecified atom stereocenters. The molecule has 1 aromatic rings. The van der Waals surface area contributed by atoms with Crippen LogP contribution in [0.15, 0.2) is 30.0 Å². The fourth-order valence-electron chi connectivity index (χ4n) is 1.22. The van der Waals surface area contributed by atoms with Crippen molar-refractivity contribution in [3.63, 3.8) is 0 Å². The fourth-order valence-corrected chi connectivity index (χ4v) is 1.71. The number of nitriles is 1. The number of Topliss-reactive ketones (excluding diaryl/α,β-unsaturated/α-hetero) is 1. The van der Waals surface area contributed by atoms with Crippen LogP contribution in [0.3, 0.4) is 0 Å². The molecule has 0 aliphatic carbocycles. The number of carbonyl (C=O) groups excluding carboxylic acids is 1. The molecule has 0 amide bonds. The molecule has 0 bridgehead atoms. The van der Waals surface area contributed by atoms with Crippen molar-refractivity contribution in [3.05, 3.63) is 45.6 Å². The third-order valence-electron chi connectivity index (χ3n) is 1.93. The van der Waals surface area contributed by atoms with E-state index in [1.165, 1.54) is 18.3 Å². The standard InChI is InChI=1S/C12H10Cl2N2O/c1-16(2)7-8(6-15)12(17)10-4-3-9(13)5-11(10)14/h3-5,7H,1-2H3/b8-7+. The van der Waals surface area contributed by atoms with Crippen LogP contribution in [0, 0.1) is 11.3 Å². The van der Waals surface area contributed by atoms with Gasteiger partial charge in [-0.3, -0.25) is 4.79 Å². The molecule has 0 fully saturated rings. The second-order valence-electron chi connectivity index (χ2n) is 3.57. The van der Waals surface area contributed by atoms with Crippen molar-refractivity contribution in [1.29, 1.82) is 5.26 Å². The monoisotopic (exact) mass is 268 g/mol. The zero-order valence-corrected chi connectivity index (χ0v) is 10.9. The number of benzene rings is 1. The molecule has 0 aliphatic rings. The van der Waals surface area contributed by atoms with E-state index in [0.717, 1.165) is 0 Å². The number of ketones is 1. The van der Waals surface area contributed by atoms with Crippen molar-refractivity contribution in [1.82, 2.24) is 4.90 Å². The number of hydrogen-bond donors (Lipinski definition) is 0. The third-order valence-corrected chi connectivity index (χ3v) is 2.48. The summed E-state index contributed by atoms with van der Waals surface area (Å²) < 4.78 is 0. The summed E-state index contributed by atoms with van der Waals surface area (Å²) >= 11 is 11.6. The maximum atomic E-state index is 12.0. The Morgan fingerprint density at radius 3 is 2.53 bits per heavy atom. The average Bonchev–Trinajstić information content (AvgIpc) is 2.24. The number of hydrogen-bond acceptors (Lipinski definition) is 3. The maximum Gasteiger partial charge on any atom is 0.206 e. The Kier molecular flexibility index (Phi) is 4.56. The zero-order valence-electron chi connectivity index (χ0n) is 9.37. The van der Waals surface area contributed by atoms with Crippen LogP contribution in [0.2, 0.25) is 10.0 Å². The van der Waals surface area contributed by atoms with Gasteiger partial charge in [0, 0.05) is 30.9 Å². The van der Waals surface area contributed by atoms with Crippen molar-refractivity contribution in [2.45, 2.75) is 0 Å². The molecule has 1 rings (SSSR count). The number of carbonyl (C=O) groups is 1. The highest BCUT2D eigenvalue weighted by molar-refractivity contribution is 6.37. The molecule has 0 aliphatic heterocycles. The second kappa shape index (κ2) is 5.72. The molecule has 5 heteroatoms. The van der Waals surface area contributed by atoms with E-state index in [9.17, 15) is 4.79 Å². The van der Waals surface area contributed by atoms with Crippen LogP contribution >= 0.6 is 23.2 Å². The van der Waals surface area contributed by atoms with Gasteiger partial charge in [-0.15, -0.1) is 0 Å². The van der Waals surface area contributed by atoms with Crippen LogP contribution in [-0.2, 0) is 0 Å². The largest absolute Gasteiger partial charge is 0.382 e. The summed E-state index contributed by atoms with van der Waals surface area (Å²) in [6, 6.07) is 6.39.